The molecule has 0 bridgehead atoms. The van der Waals surface area contributed by atoms with Crippen LogP contribution in [0.25, 0.3) is 0 Å². The molecule has 1 N–H and O–H groups in total. The van der Waals surface area contributed by atoms with Crippen molar-refractivity contribution in [2.75, 3.05) is 11.9 Å². The van der Waals surface area contributed by atoms with E-state index in [1.54, 1.807) is 18.2 Å². The molecule has 92 valence electrons. The lowest BCUT2D eigenvalue weighted by Crippen LogP contribution is -2.13. The van der Waals surface area contributed by atoms with Gasteiger partial charge in [0.25, 0.3) is 0 Å². The van der Waals surface area contributed by atoms with Gasteiger partial charge >= 0.3 is 5.97 Å². The molecule has 0 aliphatic carbocycles. The van der Waals surface area contributed by atoms with Gasteiger partial charge < -0.3 is 10.1 Å². The van der Waals surface area contributed by atoms with E-state index in [0.717, 1.165) is 0 Å². The van der Waals surface area contributed by atoms with Gasteiger partial charge in [-0.3, -0.25) is 0 Å². The second kappa shape index (κ2) is 6.68. The van der Waals surface area contributed by atoms with E-state index in [1.165, 1.54) is 0 Å². The summed E-state index contributed by atoms with van der Waals surface area (Å²) in [6, 6.07) is 5.52. The largest absolute Gasteiger partial charge is 0.457 e. The van der Waals surface area contributed by atoms with Crippen LogP contribution in [0.1, 0.15) is 31.3 Å². The van der Waals surface area contributed by atoms with E-state index in [-0.39, 0.29) is 12.6 Å². The summed E-state index contributed by atoms with van der Waals surface area (Å²) in [7, 11) is 0. The molecular formula is C13H18N2O2. The highest BCUT2D eigenvalue weighted by atomic mass is 16.5. The Kier molecular flexibility index (Phi) is 5.20. The van der Waals surface area contributed by atoms with Gasteiger partial charge in [0.15, 0.2) is 5.69 Å². The monoisotopic (exact) mass is 234 g/mol. The van der Waals surface area contributed by atoms with Crippen molar-refractivity contribution in [1.82, 2.24) is 4.98 Å². The van der Waals surface area contributed by atoms with Gasteiger partial charge in [-0.2, -0.15) is 0 Å². The Balaban J connectivity index is 2.67. The molecule has 1 heterocycles. The molecular weight excluding hydrogens is 216 g/mol. The molecule has 0 saturated heterocycles. The lowest BCUT2D eigenvalue weighted by Gasteiger charge is -2.09. The van der Waals surface area contributed by atoms with Crippen molar-refractivity contribution < 1.29 is 9.53 Å². The maximum absolute atomic E-state index is 11.6. The fraction of sp³-hybridized carbons (Fsp3) is 0.385. The molecule has 17 heavy (non-hydrogen) atoms. The van der Waals surface area contributed by atoms with E-state index in [4.69, 9.17) is 4.74 Å². The Labute approximate surface area is 102 Å². The molecule has 1 rings (SSSR count). The maximum Gasteiger partial charge on any atom is 0.357 e. The molecule has 1 aromatic rings. The SMILES string of the molecule is C/C=C/COC(=O)c1cccc(NC(C)C)n1. The Morgan fingerprint density at radius 1 is 1.53 bits per heavy atom. The predicted molar refractivity (Wildman–Crippen MR) is 68.1 cm³/mol. The van der Waals surface area contributed by atoms with Crippen LogP contribution in [0.4, 0.5) is 5.82 Å². The molecule has 0 saturated carbocycles. The van der Waals surface area contributed by atoms with Crippen molar-refractivity contribution in [2.45, 2.75) is 26.8 Å². The van der Waals surface area contributed by atoms with Crippen LogP contribution < -0.4 is 5.32 Å². The zero-order chi connectivity index (χ0) is 12.7. The van der Waals surface area contributed by atoms with Gasteiger partial charge in [0.1, 0.15) is 12.4 Å². The summed E-state index contributed by atoms with van der Waals surface area (Å²) in [4.78, 5) is 15.8. The van der Waals surface area contributed by atoms with Gasteiger partial charge in [0, 0.05) is 6.04 Å². The molecule has 0 atom stereocenters. The third-order valence-corrected chi connectivity index (χ3v) is 1.94. The van der Waals surface area contributed by atoms with Crippen LogP contribution in [-0.2, 0) is 4.74 Å². The van der Waals surface area contributed by atoms with E-state index < -0.39 is 5.97 Å². The molecule has 0 amide bonds. The first-order chi connectivity index (χ1) is 8.13. The third-order valence-electron chi connectivity index (χ3n) is 1.94. The first kappa shape index (κ1) is 13.2. The fourth-order valence-electron chi connectivity index (χ4n) is 1.22. The molecule has 0 aliphatic heterocycles. The van der Waals surface area contributed by atoms with Crippen LogP contribution in [0.5, 0.6) is 0 Å². The number of hydrogen-bond donors (Lipinski definition) is 1. The predicted octanol–water partition coefficient (Wildman–Crippen LogP) is 2.63. The van der Waals surface area contributed by atoms with Crippen molar-refractivity contribution >= 4 is 11.8 Å². The minimum atomic E-state index is -0.407. The second-order valence-electron chi connectivity index (χ2n) is 3.87. The summed E-state index contributed by atoms with van der Waals surface area (Å²) in [5.74, 6) is 0.274. The summed E-state index contributed by atoms with van der Waals surface area (Å²) < 4.78 is 5.01. The topological polar surface area (TPSA) is 51.2 Å². The summed E-state index contributed by atoms with van der Waals surface area (Å²) in [6.07, 6.45) is 3.60. The minimum absolute atomic E-state index is 0.275. The number of esters is 1. The molecule has 0 aliphatic rings. The smallest absolute Gasteiger partial charge is 0.357 e. The number of aromatic nitrogens is 1. The van der Waals surface area contributed by atoms with Crippen molar-refractivity contribution in [1.29, 1.82) is 0 Å². The molecule has 4 heteroatoms. The molecule has 0 radical (unpaired) electrons. The Bertz CT molecular complexity index is 400. The van der Waals surface area contributed by atoms with Crippen molar-refractivity contribution in [3.05, 3.63) is 36.0 Å². The number of pyridine rings is 1. The van der Waals surface area contributed by atoms with E-state index in [2.05, 4.69) is 10.3 Å². The van der Waals surface area contributed by atoms with Crippen LogP contribution in [0.2, 0.25) is 0 Å². The quantitative estimate of drug-likeness (QED) is 0.628. The Morgan fingerprint density at radius 2 is 2.29 bits per heavy atom. The molecule has 0 fully saturated rings. The first-order valence-electron chi connectivity index (χ1n) is 5.65. The number of hydrogen-bond acceptors (Lipinski definition) is 4. The average molecular weight is 234 g/mol. The second-order valence-corrected chi connectivity index (χ2v) is 3.87. The highest BCUT2D eigenvalue weighted by Crippen LogP contribution is 2.07. The standard InChI is InChI=1S/C13H18N2O2/c1-4-5-9-17-13(16)11-7-6-8-12(15-11)14-10(2)3/h4-8,10H,9H2,1-3H3,(H,14,15)/b5-4+. The van der Waals surface area contributed by atoms with Crippen LogP contribution in [-0.4, -0.2) is 23.6 Å². The summed E-state index contributed by atoms with van der Waals surface area (Å²) >= 11 is 0. The Hall–Kier alpha value is -1.84. The summed E-state index contributed by atoms with van der Waals surface area (Å²) in [5, 5.41) is 3.13. The zero-order valence-electron chi connectivity index (χ0n) is 10.4. The van der Waals surface area contributed by atoms with E-state index in [1.807, 2.05) is 32.9 Å². The highest BCUT2D eigenvalue weighted by Gasteiger charge is 2.08. The normalized spacial score (nSPS) is 10.8. The highest BCUT2D eigenvalue weighted by molar-refractivity contribution is 5.87. The lowest BCUT2D eigenvalue weighted by molar-refractivity contribution is 0.0543. The third kappa shape index (κ3) is 4.68. The number of carbonyl (C=O) groups is 1. The van der Waals surface area contributed by atoms with Crippen LogP contribution in [0.15, 0.2) is 30.4 Å². The molecule has 4 nitrogen and oxygen atoms in total. The van der Waals surface area contributed by atoms with Crippen LogP contribution >= 0.6 is 0 Å². The van der Waals surface area contributed by atoms with Crippen molar-refractivity contribution in [2.24, 2.45) is 0 Å². The molecule has 0 unspecified atom stereocenters. The average Bonchev–Trinajstić information content (AvgIpc) is 2.28. The number of anilines is 1. The molecule has 1 aromatic heterocycles. The number of ether oxygens (including phenoxy) is 1. The molecule has 0 spiro atoms. The summed E-state index contributed by atoms with van der Waals surface area (Å²) in [5.41, 5.74) is 0.320. The number of nitrogens with zero attached hydrogens (tertiary/aromatic N) is 1. The van der Waals surface area contributed by atoms with Gasteiger partial charge in [-0.15, -0.1) is 0 Å². The van der Waals surface area contributed by atoms with E-state index >= 15 is 0 Å². The van der Waals surface area contributed by atoms with Gasteiger partial charge in [-0.25, -0.2) is 9.78 Å². The number of carbonyl (C=O) groups excluding carboxylic acids is 1. The number of rotatable bonds is 5. The van der Waals surface area contributed by atoms with Crippen molar-refractivity contribution in [3.63, 3.8) is 0 Å². The maximum atomic E-state index is 11.6. The minimum Gasteiger partial charge on any atom is -0.457 e. The van der Waals surface area contributed by atoms with E-state index in [0.29, 0.717) is 11.5 Å². The number of nitrogens with one attached hydrogen (secondary N) is 1. The lowest BCUT2D eigenvalue weighted by atomic mass is 10.3. The molecule has 0 aromatic carbocycles. The van der Waals surface area contributed by atoms with E-state index in [9.17, 15) is 4.79 Å². The van der Waals surface area contributed by atoms with Gasteiger partial charge in [-0.1, -0.05) is 18.2 Å². The van der Waals surface area contributed by atoms with Crippen LogP contribution in [0, 0.1) is 0 Å². The van der Waals surface area contributed by atoms with Gasteiger partial charge in [0.05, 0.1) is 0 Å². The van der Waals surface area contributed by atoms with Gasteiger partial charge in [0.2, 0.25) is 0 Å². The fourth-order valence-corrected chi connectivity index (χ4v) is 1.22. The Morgan fingerprint density at radius 3 is 2.94 bits per heavy atom. The summed E-state index contributed by atoms with van der Waals surface area (Å²) in [6.45, 7) is 6.18. The number of allylic oxidation sites excluding steroid dienone is 1. The van der Waals surface area contributed by atoms with Crippen LogP contribution in [0.3, 0.4) is 0 Å². The zero-order valence-corrected chi connectivity index (χ0v) is 10.4. The first-order valence-corrected chi connectivity index (χ1v) is 5.65. The van der Waals surface area contributed by atoms with Crippen molar-refractivity contribution in [3.8, 4) is 0 Å². The van der Waals surface area contributed by atoms with Gasteiger partial charge in [-0.05, 0) is 32.9 Å².